The first-order valence-electron chi connectivity index (χ1n) is 11.2. The monoisotopic (exact) mass is 547 g/mol. The number of ether oxygens (including phenoxy) is 3. The molecule has 1 aromatic heterocycles. The average molecular weight is 548 g/mol. The van der Waals surface area contributed by atoms with Crippen molar-refractivity contribution in [3.8, 4) is 23.0 Å². The third-order valence-corrected chi connectivity index (χ3v) is 6.05. The van der Waals surface area contributed by atoms with E-state index in [0.717, 1.165) is 6.07 Å². The Morgan fingerprint density at radius 1 is 0.974 bits per heavy atom. The van der Waals surface area contributed by atoms with Crippen molar-refractivity contribution in [3.63, 3.8) is 0 Å². The fraction of sp³-hybridized carbons (Fsp3) is 0.185. The molecule has 0 saturated heterocycles. The van der Waals surface area contributed by atoms with E-state index in [1.54, 1.807) is 38.1 Å². The number of hydrogen-bond donors (Lipinski definition) is 1. The van der Waals surface area contributed by atoms with E-state index in [0.29, 0.717) is 27.6 Å². The molecule has 1 N–H and O–H groups in total. The van der Waals surface area contributed by atoms with E-state index < -0.39 is 35.6 Å². The lowest BCUT2D eigenvalue weighted by molar-refractivity contribution is -0.154. The second-order valence-electron chi connectivity index (χ2n) is 8.28. The summed E-state index contributed by atoms with van der Waals surface area (Å²) < 4.78 is 62.5. The van der Waals surface area contributed by atoms with Crippen molar-refractivity contribution in [2.24, 2.45) is 0 Å². The van der Waals surface area contributed by atoms with Crippen molar-refractivity contribution in [3.05, 3.63) is 86.7 Å². The first kappa shape index (κ1) is 26.9. The lowest BCUT2D eigenvalue weighted by Gasteiger charge is -2.15. The lowest BCUT2D eigenvalue weighted by Crippen LogP contribution is -2.20. The van der Waals surface area contributed by atoms with Gasteiger partial charge in [-0.25, -0.2) is 0 Å². The van der Waals surface area contributed by atoms with Gasteiger partial charge in [0.15, 0.2) is 6.61 Å². The van der Waals surface area contributed by atoms with Gasteiger partial charge in [0.1, 0.15) is 22.8 Å². The molecule has 0 unspecified atom stereocenters. The normalized spacial score (nSPS) is 11.3. The molecule has 0 atom stereocenters. The Morgan fingerprint density at radius 3 is 2.21 bits per heavy atom. The van der Waals surface area contributed by atoms with Gasteiger partial charge < -0.3 is 23.9 Å². The largest absolute Gasteiger partial charge is 0.497 e. The van der Waals surface area contributed by atoms with Crippen molar-refractivity contribution in [1.29, 1.82) is 0 Å². The van der Waals surface area contributed by atoms with Gasteiger partial charge in [0.25, 0.3) is 11.7 Å². The van der Waals surface area contributed by atoms with E-state index in [4.69, 9.17) is 30.2 Å². The van der Waals surface area contributed by atoms with E-state index in [9.17, 15) is 22.8 Å². The van der Waals surface area contributed by atoms with Crippen LogP contribution in [-0.2, 0) is 11.0 Å². The summed E-state index contributed by atoms with van der Waals surface area (Å²) in [5, 5.41) is 2.89. The molecule has 11 heteroatoms. The third-order valence-electron chi connectivity index (χ3n) is 5.45. The van der Waals surface area contributed by atoms with Crippen molar-refractivity contribution in [2.45, 2.75) is 20.0 Å². The summed E-state index contributed by atoms with van der Waals surface area (Å²) in [6.07, 6.45) is -5.03. The van der Waals surface area contributed by atoms with E-state index in [-0.39, 0.29) is 22.5 Å². The SMILES string of the molecule is COc1ccc(NC(=O)COc2ccc3c(=O)c(Oc4cc(C)c(Cl)c(C)c4)c(C(F)(F)F)oc3c2)cc1. The van der Waals surface area contributed by atoms with Gasteiger partial charge in [0.2, 0.25) is 11.2 Å². The van der Waals surface area contributed by atoms with Crippen LogP contribution in [-0.4, -0.2) is 19.6 Å². The van der Waals surface area contributed by atoms with Gasteiger partial charge in [-0.15, -0.1) is 0 Å². The number of alkyl halides is 3. The molecule has 7 nitrogen and oxygen atoms in total. The number of halogens is 4. The smallest absolute Gasteiger partial charge is 0.453 e. The molecule has 0 aliphatic rings. The fourth-order valence-electron chi connectivity index (χ4n) is 3.63. The van der Waals surface area contributed by atoms with Crippen molar-refractivity contribution < 1.29 is 36.6 Å². The highest BCUT2D eigenvalue weighted by molar-refractivity contribution is 6.32. The highest BCUT2D eigenvalue weighted by Gasteiger charge is 2.40. The van der Waals surface area contributed by atoms with Gasteiger partial charge in [-0.05, 0) is 73.5 Å². The first-order valence-corrected chi connectivity index (χ1v) is 11.5. The van der Waals surface area contributed by atoms with Gasteiger partial charge in [-0.2, -0.15) is 13.2 Å². The molecule has 0 spiro atoms. The van der Waals surface area contributed by atoms with Crippen molar-refractivity contribution in [1.82, 2.24) is 0 Å². The molecule has 0 fully saturated rings. The molecule has 0 bridgehead atoms. The van der Waals surface area contributed by atoms with E-state index >= 15 is 0 Å². The summed E-state index contributed by atoms with van der Waals surface area (Å²) in [6, 6.07) is 13.1. The number of benzene rings is 3. The van der Waals surface area contributed by atoms with Crippen LogP contribution in [0.15, 0.2) is 63.8 Å². The van der Waals surface area contributed by atoms with Gasteiger partial charge in [0.05, 0.1) is 12.5 Å². The zero-order valence-corrected chi connectivity index (χ0v) is 21.1. The number of anilines is 1. The molecule has 4 rings (SSSR count). The minimum Gasteiger partial charge on any atom is -0.497 e. The van der Waals surface area contributed by atoms with Gasteiger partial charge in [-0.1, -0.05) is 11.6 Å². The maximum Gasteiger partial charge on any atom is 0.453 e. The zero-order valence-electron chi connectivity index (χ0n) is 20.4. The number of aryl methyl sites for hydroxylation is 2. The molecular formula is C27H21ClF3NO6. The maximum atomic E-state index is 13.9. The van der Waals surface area contributed by atoms with E-state index in [1.807, 2.05) is 0 Å². The summed E-state index contributed by atoms with van der Waals surface area (Å²) in [4.78, 5) is 25.3. The van der Waals surface area contributed by atoms with Crippen molar-refractivity contribution in [2.75, 3.05) is 19.0 Å². The number of hydrogen-bond acceptors (Lipinski definition) is 6. The topological polar surface area (TPSA) is 87.0 Å². The minimum absolute atomic E-state index is 0.00405. The molecular weight excluding hydrogens is 527 g/mol. The standard InChI is InChI=1S/C27H21ClF3NO6/c1-14-10-19(11-15(2)23(14)28)37-25-24(34)20-9-8-18(12-21(20)38-26(25)27(29,30)31)36-13-22(33)32-16-4-6-17(35-3)7-5-16/h4-12H,13H2,1-3H3,(H,32,33). The quantitative estimate of drug-likeness (QED) is 0.271. The Labute approximate surface area is 219 Å². The van der Waals surface area contributed by atoms with E-state index in [2.05, 4.69) is 5.32 Å². The summed E-state index contributed by atoms with van der Waals surface area (Å²) in [5.41, 5.74) is 0.229. The highest BCUT2D eigenvalue weighted by Crippen LogP contribution is 2.39. The number of methoxy groups -OCH3 is 1. The van der Waals surface area contributed by atoms with Crippen LogP contribution in [0.3, 0.4) is 0 Å². The summed E-state index contributed by atoms with van der Waals surface area (Å²) in [5.74, 6) is -2.47. The average Bonchev–Trinajstić information content (AvgIpc) is 2.87. The van der Waals surface area contributed by atoms with Crippen LogP contribution in [0.5, 0.6) is 23.0 Å². The second kappa shape index (κ2) is 10.7. The van der Waals surface area contributed by atoms with E-state index in [1.165, 1.54) is 31.4 Å². The number of rotatable bonds is 7. The number of nitrogens with one attached hydrogen (secondary N) is 1. The summed E-state index contributed by atoms with van der Waals surface area (Å²) in [7, 11) is 1.51. The minimum atomic E-state index is -5.03. The maximum absolute atomic E-state index is 13.9. The van der Waals surface area contributed by atoms with Crippen LogP contribution in [0.2, 0.25) is 5.02 Å². The molecule has 1 amide bonds. The third kappa shape index (κ3) is 5.86. The van der Waals surface area contributed by atoms with Crippen LogP contribution < -0.4 is 25.0 Å². The Kier molecular flexibility index (Phi) is 7.54. The number of fused-ring (bicyclic) bond motifs is 1. The van der Waals surface area contributed by atoms with Crippen LogP contribution in [0.25, 0.3) is 11.0 Å². The van der Waals surface area contributed by atoms with Crippen LogP contribution >= 0.6 is 11.6 Å². The Balaban J connectivity index is 1.60. The molecule has 0 saturated carbocycles. The number of amides is 1. The Hall–Kier alpha value is -4.18. The number of carbonyl (C=O) groups is 1. The fourth-order valence-corrected chi connectivity index (χ4v) is 3.74. The highest BCUT2D eigenvalue weighted by atomic mass is 35.5. The number of carbonyl (C=O) groups excluding carboxylic acids is 1. The Bertz CT molecular complexity index is 1540. The van der Waals surface area contributed by atoms with Crippen molar-refractivity contribution >= 4 is 34.2 Å². The first-order chi connectivity index (χ1) is 18.0. The van der Waals surface area contributed by atoms with Gasteiger partial charge in [0, 0.05) is 16.8 Å². The second-order valence-corrected chi connectivity index (χ2v) is 8.66. The molecule has 198 valence electrons. The molecule has 4 aromatic rings. The summed E-state index contributed by atoms with van der Waals surface area (Å²) in [6.45, 7) is 2.88. The molecule has 3 aromatic carbocycles. The van der Waals surface area contributed by atoms with Gasteiger partial charge >= 0.3 is 6.18 Å². The molecule has 0 aliphatic heterocycles. The molecule has 1 heterocycles. The predicted molar refractivity (Wildman–Crippen MR) is 136 cm³/mol. The Morgan fingerprint density at radius 2 is 1.61 bits per heavy atom. The lowest BCUT2D eigenvalue weighted by atomic mass is 10.1. The van der Waals surface area contributed by atoms with Crippen LogP contribution in [0.4, 0.5) is 18.9 Å². The molecule has 0 aliphatic carbocycles. The zero-order chi connectivity index (χ0) is 27.6. The van der Waals surface area contributed by atoms with Gasteiger partial charge in [-0.3, -0.25) is 9.59 Å². The van der Waals surface area contributed by atoms with Crippen LogP contribution in [0.1, 0.15) is 16.9 Å². The molecule has 38 heavy (non-hydrogen) atoms. The summed E-state index contributed by atoms with van der Waals surface area (Å²) >= 11 is 6.12. The molecule has 0 radical (unpaired) electrons. The van der Waals surface area contributed by atoms with Crippen LogP contribution in [0, 0.1) is 13.8 Å². The predicted octanol–water partition coefficient (Wildman–Crippen LogP) is 6.90.